The van der Waals surface area contributed by atoms with Crippen molar-refractivity contribution < 1.29 is 9.90 Å². The maximum Gasteiger partial charge on any atom is 0.308 e. The molecule has 0 unspecified atom stereocenters. The van der Waals surface area contributed by atoms with E-state index in [9.17, 15) is 4.79 Å². The molecule has 0 radical (unpaired) electrons. The predicted octanol–water partition coefficient (Wildman–Crippen LogP) is 3.48. The molecule has 1 aromatic heterocycles. The Balaban J connectivity index is 1.61. The topological polar surface area (TPSA) is 49.3 Å². The fourth-order valence-corrected chi connectivity index (χ4v) is 3.58. The second-order valence-corrected chi connectivity index (χ2v) is 6.38. The van der Waals surface area contributed by atoms with E-state index in [-0.39, 0.29) is 6.42 Å². The molecule has 0 aliphatic heterocycles. The number of rotatable bonds is 5. The lowest BCUT2D eigenvalue weighted by Crippen LogP contribution is -1.98. The molecule has 1 aromatic carbocycles. The Hall–Kier alpha value is -1.81. The Bertz CT molecular complexity index is 633. The van der Waals surface area contributed by atoms with Crippen molar-refractivity contribution in [3.05, 3.63) is 51.2 Å². The lowest BCUT2D eigenvalue weighted by atomic mass is 10.1. The number of nitrogens with one attached hydrogen (secondary N) is 1. The van der Waals surface area contributed by atoms with Crippen LogP contribution < -0.4 is 5.32 Å². The summed E-state index contributed by atoms with van der Waals surface area (Å²) in [5.74, 6) is -0.773. The molecule has 0 bridgehead atoms. The standard InChI is InChI=1S/C16H17NO2S/c18-16(19)9-14-6-7-15(20-14)10-17-13-5-4-11-2-1-3-12(11)8-13/h4-8,17H,1-3,9-10H2,(H,18,19). The van der Waals surface area contributed by atoms with E-state index in [0.717, 1.165) is 17.1 Å². The van der Waals surface area contributed by atoms with Gasteiger partial charge in [-0.2, -0.15) is 0 Å². The molecule has 0 amide bonds. The Morgan fingerprint density at radius 3 is 2.80 bits per heavy atom. The summed E-state index contributed by atoms with van der Waals surface area (Å²) in [5, 5.41) is 12.2. The second-order valence-electron chi connectivity index (χ2n) is 5.13. The van der Waals surface area contributed by atoms with Crippen LogP contribution in [0.5, 0.6) is 0 Å². The minimum absolute atomic E-state index is 0.115. The van der Waals surface area contributed by atoms with E-state index in [4.69, 9.17) is 5.11 Å². The minimum Gasteiger partial charge on any atom is -0.481 e. The number of carbonyl (C=O) groups is 1. The van der Waals surface area contributed by atoms with Crippen LogP contribution in [0.1, 0.15) is 27.3 Å². The van der Waals surface area contributed by atoms with Crippen molar-refractivity contribution in [2.24, 2.45) is 0 Å². The van der Waals surface area contributed by atoms with Crippen LogP contribution in [-0.2, 0) is 30.6 Å². The third-order valence-corrected chi connectivity index (χ3v) is 4.69. The van der Waals surface area contributed by atoms with Crippen molar-refractivity contribution in [3.8, 4) is 0 Å². The van der Waals surface area contributed by atoms with Crippen molar-refractivity contribution in [3.63, 3.8) is 0 Å². The number of benzene rings is 1. The molecule has 3 nitrogen and oxygen atoms in total. The van der Waals surface area contributed by atoms with Crippen LogP contribution in [0, 0.1) is 0 Å². The Morgan fingerprint density at radius 2 is 1.95 bits per heavy atom. The average molecular weight is 287 g/mol. The number of carboxylic acid groups (broad SMARTS) is 1. The van der Waals surface area contributed by atoms with Crippen molar-refractivity contribution in [1.29, 1.82) is 0 Å². The highest BCUT2D eigenvalue weighted by atomic mass is 32.1. The fraction of sp³-hybridized carbons (Fsp3) is 0.312. The highest BCUT2D eigenvalue weighted by Gasteiger charge is 2.10. The number of carboxylic acids is 1. The number of hydrogen-bond acceptors (Lipinski definition) is 3. The number of hydrogen-bond donors (Lipinski definition) is 2. The molecule has 1 aliphatic rings. The van der Waals surface area contributed by atoms with Gasteiger partial charge < -0.3 is 10.4 Å². The highest BCUT2D eigenvalue weighted by Crippen LogP contribution is 2.25. The number of thiophene rings is 1. The van der Waals surface area contributed by atoms with Gasteiger partial charge in [0.1, 0.15) is 0 Å². The molecular weight excluding hydrogens is 270 g/mol. The zero-order valence-corrected chi connectivity index (χ0v) is 12.0. The number of aliphatic carboxylic acids is 1. The van der Waals surface area contributed by atoms with Gasteiger partial charge in [-0.25, -0.2) is 0 Å². The summed E-state index contributed by atoms with van der Waals surface area (Å²) in [6, 6.07) is 10.5. The zero-order chi connectivity index (χ0) is 13.9. The molecule has 20 heavy (non-hydrogen) atoms. The lowest BCUT2D eigenvalue weighted by Gasteiger charge is -2.07. The van der Waals surface area contributed by atoms with Crippen molar-refractivity contribution in [2.45, 2.75) is 32.2 Å². The van der Waals surface area contributed by atoms with Crippen LogP contribution in [0.4, 0.5) is 5.69 Å². The largest absolute Gasteiger partial charge is 0.481 e. The summed E-state index contributed by atoms with van der Waals surface area (Å²) in [5.41, 5.74) is 4.10. The molecular formula is C16H17NO2S. The monoisotopic (exact) mass is 287 g/mol. The van der Waals surface area contributed by atoms with Crippen LogP contribution >= 0.6 is 11.3 Å². The van der Waals surface area contributed by atoms with Crippen LogP contribution in [-0.4, -0.2) is 11.1 Å². The van der Waals surface area contributed by atoms with E-state index < -0.39 is 5.97 Å². The molecule has 3 rings (SSSR count). The van der Waals surface area contributed by atoms with Gasteiger partial charge in [0.2, 0.25) is 0 Å². The lowest BCUT2D eigenvalue weighted by molar-refractivity contribution is -0.136. The summed E-state index contributed by atoms with van der Waals surface area (Å²) >= 11 is 1.56. The average Bonchev–Trinajstić information content (AvgIpc) is 3.03. The van der Waals surface area contributed by atoms with Crippen molar-refractivity contribution in [1.82, 2.24) is 0 Å². The number of fused-ring (bicyclic) bond motifs is 1. The molecule has 0 atom stereocenters. The first kappa shape index (κ1) is 13.2. The maximum atomic E-state index is 10.7. The van der Waals surface area contributed by atoms with Crippen molar-refractivity contribution >= 4 is 23.0 Å². The normalized spacial score (nSPS) is 13.2. The Labute approximate surface area is 122 Å². The molecule has 2 N–H and O–H groups in total. The molecule has 2 aromatic rings. The van der Waals surface area contributed by atoms with Crippen molar-refractivity contribution in [2.75, 3.05) is 5.32 Å². The molecule has 0 saturated carbocycles. The van der Waals surface area contributed by atoms with E-state index in [1.807, 2.05) is 12.1 Å². The van der Waals surface area contributed by atoms with Crippen LogP contribution in [0.2, 0.25) is 0 Å². The van der Waals surface area contributed by atoms with E-state index >= 15 is 0 Å². The van der Waals surface area contributed by atoms with Gasteiger partial charge in [0, 0.05) is 22.0 Å². The summed E-state index contributed by atoms with van der Waals surface area (Å²) < 4.78 is 0. The van der Waals surface area contributed by atoms with Gasteiger partial charge in [0.05, 0.1) is 6.42 Å². The molecule has 0 saturated heterocycles. The molecule has 1 heterocycles. The molecule has 1 aliphatic carbocycles. The second kappa shape index (κ2) is 5.67. The van der Waals surface area contributed by atoms with Gasteiger partial charge >= 0.3 is 5.97 Å². The van der Waals surface area contributed by atoms with Crippen LogP contribution in [0.15, 0.2) is 30.3 Å². The third-order valence-electron chi connectivity index (χ3n) is 3.61. The summed E-state index contributed by atoms with van der Waals surface area (Å²) in [6.07, 6.45) is 3.78. The molecule has 104 valence electrons. The summed E-state index contributed by atoms with van der Waals surface area (Å²) in [7, 11) is 0. The van der Waals surface area contributed by atoms with Gasteiger partial charge in [-0.3, -0.25) is 4.79 Å². The van der Waals surface area contributed by atoms with Gasteiger partial charge in [-0.1, -0.05) is 6.07 Å². The van der Waals surface area contributed by atoms with Crippen LogP contribution in [0.3, 0.4) is 0 Å². The Kier molecular flexibility index (Phi) is 3.74. The van der Waals surface area contributed by atoms with E-state index in [0.29, 0.717) is 0 Å². The van der Waals surface area contributed by atoms with Gasteiger partial charge in [0.15, 0.2) is 0 Å². The van der Waals surface area contributed by atoms with E-state index in [2.05, 4.69) is 23.5 Å². The molecule has 4 heteroatoms. The summed E-state index contributed by atoms with van der Waals surface area (Å²) in [4.78, 5) is 12.7. The fourth-order valence-electron chi connectivity index (χ4n) is 2.63. The minimum atomic E-state index is -0.773. The van der Waals surface area contributed by atoms with E-state index in [1.165, 1.54) is 35.3 Å². The quantitative estimate of drug-likeness (QED) is 0.885. The van der Waals surface area contributed by atoms with E-state index in [1.54, 1.807) is 11.3 Å². The van der Waals surface area contributed by atoms with Gasteiger partial charge in [0.25, 0.3) is 0 Å². The van der Waals surface area contributed by atoms with Crippen LogP contribution in [0.25, 0.3) is 0 Å². The SMILES string of the molecule is O=C(O)Cc1ccc(CNc2ccc3c(c2)CCC3)s1. The first-order valence-corrected chi connectivity index (χ1v) is 7.67. The van der Waals surface area contributed by atoms with Gasteiger partial charge in [-0.15, -0.1) is 11.3 Å². The maximum absolute atomic E-state index is 10.7. The Morgan fingerprint density at radius 1 is 1.15 bits per heavy atom. The highest BCUT2D eigenvalue weighted by molar-refractivity contribution is 7.12. The number of aryl methyl sites for hydroxylation is 2. The number of anilines is 1. The molecule has 0 fully saturated rings. The first-order valence-electron chi connectivity index (χ1n) is 6.86. The first-order chi connectivity index (χ1) is 9.70. The summed E-state index contributed by atoms with van der Waals surface area (Å²) in [6.45, 7) is 0.753. The van der Waals surface area contributed by atoms with Gasteiger partial charge in [-0.05, 0) is 54.7 Å². The zero-order valence-electron chi connectivity index (χ0n) is 11.2. The third kappa shape index (κ3) is 3.02. The predicted molar refractivity (Wildman–Crippen MR) is 81.5 cm³/mol. The molecule has 0 spiro atoms. The smallest absolute Gasteiger partial charge is 0.308 e.